The minimum absolute atomic E-state index is 0.202. The van der Waals surface area contributed by atoms with Gasteiger partial charge in [0.2, 0.25) is 0 Å². The van der Waals surface area contributed by atoms with E-state index in [4.69, 9.17) is 4.99 Å². The summed E-state index contributed by atoms with van der Waals surface area (Å²) in [4.78, 5) is 22.3. The van der Waals surface area contributed by atoms with Crippen LogP contribution in [-0.4, -0.2) is 41.4 Å². The van der Waals surface area contributed by atoms with Crippen LogP contribution in [-0.2, 0) is 6.42 Å². The van der Waals surface area contributed by atoms with E-state index in [1.54, 1.807) is 11.0 Å². The first-order valence-corrected chi connectivity index (χ1v) is 12.7. The first kappa shape index (κ1) is 23.0. The van der Waals surface area contributed by atoms with Crippen LogP contribution in [0.15, 0.2) is 53.5 Å². The van der Waals surface area contributed by atoms with E-state index in [2.05, 4.69) is 55.3 Å². The molecule has 5 rings (SSSR count). The lowest BCUT2D eigenvalue weighted by molar-refractivity contribution is 0.245. The van der Waals surface area contributed by atoms with Gasteiger partial charge in [-0.3, -0.25) is 4.90 Å². The Balaban J connectivity index is 1.54. The van der Waals surface area contributed by atoms with Crippen LogP contribution in [0.4, 0.5) is 14.9 Å². The van der Waals surface area contributed by atoms with Gasteiger partial charge in [-0.2, -0.15) is 4.99 Å². The highest BCUT2D eigenvalue weighted by molar-refractivity contribution is 6.16. The number of anilines is 1. The van der Waals surface area contributed by atoms with Crippen molar-refractivity contribution in [1.82, 2.24) is 10.2 Å². The Morgan fingerprint density at radius 3 is 2.79 bits per heavy atom. The highest BCUT2D eigenvalue weighted by Gasteiger charge is 2.55. The molecular weight excluding hydrogens is 427 g/mol. The number of likely N-dealkylation sites (tertiary alicyclic amines) is 1. The van der Waals surface area contributed by atoms with Crippen LogP contribution >= 0.6 is 0 Å². The van der Waals surface area contributed by atoms with E-state index in [1.807, 2.05) is 6.07 Å². The van der Waals surface area contributed by atoms with E-state index in [1.165, 1.54) is 23.3 Å². The zero-order valence-electron chi connectivity index (χ0n) is 20.4. The Morgan fingerprint density at radius 1 is 1.21 bits per heavy atom. The van der Waals surface area contributed by atoms with Gasteiger partial charge in [-0.1, -0.05) is 44.2 Å². The summed E-state index contributed by atoms with van der Waals surface area (Å²) in [5.74, 6) is 1.13. The second-order valence-electron chi connectivity index (χ2n) is 10.6. The number of amidine groups is 1. The average Bonchev–Trinajstić information content (AvgIpc) is 3.36. The molecule has 2 saturated heterocycles. The van der Waals surface area contributed by atoms with Gasteiger partial charge in [0.25, 0.3) is 0 Å². The zero-order valence-corrected chi connectivity index (χ0v) is 20.4. The summed E-state index contributed by atoms with van der Waals surface area (Å²) in [6.07, 6.45) is 4.68. The van der Waals surface area contributed by atoms with E-state index in [-0.39, 0.29) is 23.9 Å². The van der Waals surface area contributed by atoms with Crippen LogP contribution in [0.1, 0.15) is 63.6 Å². The highest BCUT2D eigenvalue weighted by Crippen LogP contribution is 2.44. The second-order valence-corrected chi connectivity index (χ2v) is 10.6. The van der Waals surface area contributed by atoms with Crippen LogP contribution in [0, 0.1) is 11.7 Å². The van der Waals surface area contributed by atoms with Crippen molar-refractivity contribution in [2.45, 2.75) is 70.5 Å². The van der Waals surface area contributed by atoms with E-state index in [0.717, 1.165) is 51.0 Å². The summed E-state index contributed by atoms with van der Waals surface area (Å²) < 4.78 is 14.2. The normalized spacial score (nSPS) is 27.2. The Hall–Kier alpha value is -2.73. The Bertz CT molecular complexity index is 1100. The van der Waals surface area contributed by atoms with Gasteiger partial charge in [-0.15, -0.1) is 0 Å². The number of aliphatic imine (C=N–C) groups is 1. The molecule has 6 heteroatoms. The first-order chi connectivity index (χ1) is 16.4. The number of halogens is 1. The molecule has 2 aromatic carbocycles. The molecule has 2 aromatic rings. The van der Waals surface area contributed by atoms with Crippen molar-refractivity contribution in [2.24, 2.45) is 10.9 Å². The van der Waals surface area contributed by atoms with Crippen molar-refractivity contribution in [3.05, 3.63) is 65.5 Å². The summed E-state index contributed by atoms with van der Waals surface area (Å²) in [5.41, 5.74) is 2.68. The van der Waals surface area contributed by atoms with Crippen LogP contribution in [0.3, 0.4) is 0 Å². The molecule has 5 nitrogen and oxygen atoms in total. The third-order valence-corrected chi connectivity index (χ3v) is 7.48. The number of carbonyl (C=O) groups excluding carboxylic acids is 1. The van der Waals surface area contributed by atoms with Gasteiger partial charge in [-0.25, -0.2) is 9.18 Å². The van der Waals surface area contributed by atoms with Gasteiger partial charge in [0.05, 0.1) is 6.04 Å². The fourth-order valence-electron chi connectivity index (χ4n) is 6.21. The lowest BCUT2D eigenvalue weighted by atomic mass is 9.81. The number of benzene rings is 2. The molecule has 1 spiro atoms. The molecule has 0 saturated carbocycles. The molecule has 3 aliphatic rings. The Morgan fingerprint density at radius 2 is 2.03 bits per heavy atom. The molecule has 34 heavy (non-hydrogen) atoms. The minimum Gasteiger partial charge on any atom is -0.351 e. The van der Waals surface area contributed by atoms with Crippen LogP contribution < -0.4 is 10.2 Å². The number of carbonyl (C=O) groups is 1. The van der Waals surface area contributed by atoms with Crippen LogP contribution in [0.25, 0.3) is 0 Å². The topological polar surface area (TPSA) is 47.9 Å². The average molecular weight is 463 g/mol. The number of urea groups is 1. The minimum atomic E-state index is -0.562. The Labute approximate surface area is 202 Å². The predicted octanol–water partition coefficient (Wildman–Crippen LogP) is 5.71. The van der Waals surface area contributed by atoms with E-state index >= 15 is 0 Å². The van der Waals surface area contributed by atoms with Crippen molar-refractivity contribution in [3.63, 3.8) is 0 Å². The molecule has 0 aromatic heterocycles. The standard InChI is InChI=1S/C28H35FN4O/c1-19(2)15-21-7-4-8-22(16-21)25-11-6-14-32(25)26-28(12-13-30-20(3)18-28)33(27(34)31-26)24-10-5-9-23(29)17-24/h4-5,7-10,16-17,19-20,25,30H,6,11-15,18H2,1-3H3/t20-,25?,28+/m0/s1. The first-order valence-electron chi connectivity index (χ1n) is 12.7. The summed E-state index contributed by atoms with van der Waals surface area (Å²) in [7, 11) is 0. The smallest absolute Gasteiger partial charge is 0.350 e. The summed E-state index contributed by atoms with van der Waals surface area (Å²) >= 11 is 0. The number of rotatable bonds is 4. The van der Waals surface area contributed by atoms with E-state index < -0.39 is 5.54 Å². The van der Waals surface area contributed by atoms with E-state index in [9.17, 15) is 9.18 Å². The molecule has 0 radical (unpaired) electrons. The maximum Gasteiger partial charge on any atom is 0.350 e. The highest BCUT2D eigenvalue weighted by atomic mass is 19.1. The summed E-state index contributed by atoms with van der Waals surface area (Å²) in [5, 5.41) is 3.53. The number of piperidine rings is 1. The fraction of sp³-hybridized carbons (Fsp3) is 0.500. The van der Waals surface area contributed by atoms with Gasteiger partial charge >= 0.3 is 6.03 Å². The maximum atomic E-state index is 14.2. The molecule has 2 amide bonds. The SMILES string of the molecule is CC(C)Cc1cccc(C2CCCN2C2=NC(=O)N(c3cccc(F)c3)[C@@]23CCN[C@@H](C)C3)c1. The number of nitrogens with one attached hydrogen (secondary N) is 1. The van der Waals surface area contributed by atoms with Crippen molar-refractivity contribution in [2.75, 3.05) is 18.0 Å². The number of hydrogen-bond donors (Lipinski definition) is 1. The van der Waals surface area contributed by atoms with E-state index in [0.29, 0.717) is 11.6 Å². The van der Waals surface area contributed by atoms with Gasteiger partial charge in [0.15, 0.2) is 0 Å². The molecule has 180 valence electrons. The van der Waals surface area contributed by atoms with Crippen molar-refractivity contribution >= 4 is 17.6 Å². The molecule has 3 aliphatic heterocycles. The molecule has 3 heterocycles. The zero-order chi connectivity index (χ0) is 23.9. The largest absolute Gasteiger partial charge is 0.351 e. The monoisotopic (exact) mass is 462 g/mol. The van der Waals surface area contributed by atoms with Crippen molar-refractivity contribution in [3.8, 4) is 0 Å². The van der Waals surface area contributed by atoms with Gasteiger partial charge in [0.1, 0.15) is 17.2 Å². The summed E-state index contributed by atoms with van der Waals surface area (Å²) in [6, 6.07) is 15.4. The maximum absolute atomic E-state index is 14.2. The molecule has 3 atom stereocenters. The van der Waals surface area contributed by atoms with Crippen molar-refractivity contribution < 1.29 is 9.18 Å². The molecular formula is C28H35FN4O. The van der Waals surface area contributed by atoms with Gasteiger partial charge < -0.3 is 10.2 Å². The van der Waals surface area contributed by atoms with Crippen LogP contribution in [0.2, 0.25) is 0 Å². The third-order valence-electron chi connectivity index (χ3n) is 7.48. The lowest BCUT2D eigenvalue weighted by Gasteiger charge is -2.47. The molecule has 1 N–H and O–H groups in total. The molecule has 0 bridgehead atoms. The second kappa shape index (κ2) is 9.14. The number of nitrogens with zero attached hydrogens (tertiary/aromatic N) is 3. The van der Waals surface area contributed by atoms with Crippen LogP contribution in [0.5, 0.6) is 0 Å². The Kier molecular flexibility index (Phi) is 6.19. The third kappa shape index (κ3) is 4.13. The van der Waals surface area contributed by atoms with Gasteiger partial charge in [-0.05, 0) is 80.8 Å². The quantitative estimate of drug-likeness (QED) is 0.633. The number of amides is 2. The molecule has 2 fully saturated rings. The molecule has 1 unspecified atom stereocenters. The lowest BCUT2D eigenvalue weighted by Crippen LogP contribution is -2.62. The molecule has 0 aliphatic carbocycles. The fourth-order valence-corrected chi connectivity index (χ4v) is 6.21. The van der Waals surface area contributed by atoms with Gasteiger partial charge in [0, 0.05) is 18.3 Å². The predicted molar refractivity (Wildman–Crippen MR) is 135 cm³/mol. The summed E-state index contributed by atoms with van der Waals surface area (Å²) in [6.45, 7) is 8.32. The van der Waals surface area contributed by atoms with Crippen molar-refractivity contribution in [1.29, 1.82) is 0 Å². The number of hydrogen-bond acceptors (Lipinski definition) is 3.